The number of carbonyl (C=O) groups is 1. The Morgan fingerprint density at radius 2 is 2.23 bits per heavy atom. The second-order valence-corrected chi connectivity index (χ2v) is 6.87. The molecule has 8 heteroatoms. The van der Waals surface area contributed by atoms with Gasteiger partial charge in [0.05, 0.1) is 12.3 Å². The van der Waals surface area contributed by atoms with Crippen LogP contribution < -0.4 is 10.6 Å². The minimum atomic E-state index is -0.0977. The van der Waals surface area contributed by atoms with Crippen molar-refractivity contribution in [1.29, 1.82) is 0 Å². The first kappa shape index (κ1) is 15.5. The van der Waals surface area contributed by atoms with Crippen molar-refractivity contribution in [2.45, 2.75) is 24.1 Å². The van der Waals surface area contributed by atoms with Crippen LogP contribution in [0.15, 0.2) is 38.4 Å². The van der Waals surface area contributed by atoms with Crippen molar-refractivity contribution in [3.63, 3.8) is 0 Å². The van der Waals surface area contributed by atoms with E-state index in [0.717, 1.165) is 23.1 Å². The maximum Gasteiger partial charge on any atom is 0.277 e. The summed E-state index contributed by atoms with van der Waals surface area (Å²) in [4.78, 5) is 11.9. The van der Waals surface area contributed by atoms with Gasteiger partial charge in [-0.3, -0.25) is 4.79 Å². The molecule has 1 aliphatic heterocycles. The van der Waals surface area contributed by atoms with Crippen molar-refractivity contribution in [3.05, 3.63) is 34.6 Å². The maximum atomic E-state index is 11.9. The number of rotatable bonds is 5. The van der Waals surface area contributed by atoms with E-state index < -0.39 is 0 Å². The minimum Gasteiger partial charge on any atom is -0.410 e. The molecule has 0 spiro atoms. The summed E-state index contributed by atoms with van der Waals surface area (Å²) in [5.74, 6) is 0.805. The molecule has 1 saturated heterocycles. The fourth-order valence-corrected chi connectivity index (χ4v) is 3.12. The molecule has 2 aromatic rings. The number of benzene rings is 1. The van der Waals surface area contributed by atoms with Crippen LogP contribution in [-0.4, -0.2) is 28.4 Å². The Bertz CT molecular complexity index is 641. The SMILES string of the molecule is O=C(CSc1nnc([C@H]2CCC[NH2+]2)o1)Nc1ccc(Br)cc1. The number of nitrogens with two attached hydrogens (primary N) is 1. The van der Waals surface area contributed by atoms with Gasteiger partial charge in [0.2, 0.25) is 5.91 Å². The number of hydrogen-bond donors (Lipinski definition) is 2. The van der Waals surface area contributed by atoms with Crippen molar-refractivity contribution in [2.24, 2.45) is 0 Å². The predicted octanol–water partition coefficient (Wildman–Crippen LogP) is 1.96. The smallest absolute Gasteiger partial charge is 0.277 e. The maximum absolute atomic E-state index is 11.9. The van der Waals surface area contributed by atoms with Gasteiger partial charge < -0.3 is 15.1 Å². The number of nitrogens with zero attached hydrogens (tertiary/aromatic N) is 2. The number of carbonyl (C=O) groups excluding carboxylic acids is 1. The van der Waals surface area contributed by atoms with Gasteiger partial charge in [-0.1, -0.05) is 27.7 Å². The second-order valence-electron chi connectivity index (χ2n) is 5.02. The van der Waals surface area contributed by atoms with Gasteiger partial charge in [-0.25, -0.2) is 0 Å². The van der Waals surface area contributed by atoms with Crippen LogP contribution in [0.5, 0.6) is 0 Å². The van der Waals surface area contributed by atoms with Gasteiger partial charge in [-0.2, -0.15) is 0 Å². The van der Waals surface area contributed by atoms with E-state index >= 15 is 0 Å². The topological polar surface area (TPSA) is 84.6 Å². The number of hydrogen-bond acceptors (Lipinski definition) is 5. The molecule has 1 aromatic heterocycles. The molecule has 116 valence electrons. The van der Waals surface area contributed by atoms with E-state index in [1.165, 1.54) is 18.2 Å². The monoisotopic (exact) mass is 383 g/mol. The fraction of sp³-hybridized carbons (Fsp3) is 0.357. The molecule has 6 nitrogen and oxygen atoms in total. The highest BCUT2D eigenvalue weighted by molar-refractivity contribution is 9.10. The molecule has 1 amide bonds. The first-order valence-electron chi connectivity index (χ1n) is 7.05. The van der Waals surface area contributed by atoms with E-state index in [2.05, 4.69) is 36.8 Å². The Hall–Kier alpha value is -1.38. The average molecular weight is 384 g/mol. The third-order valence-electron chi connectivity index (χ3n) is 3.36. The van der Waals surface area contributed by atoms with Gasteiger partial charge >= 0.3 is 0 Å². The lowest BCUT2D eigenvalue weighted by Gasteiger charge is -2.03. The largest absolute Gasteiger partial charge is 0.410 e. The van der Waals surface area contributed by atoms with Gasteiger partial charge in [0, 0.05) is 23.0 Å². The zero-order valence-corrected chi connectivity index (χ0v) is 14.2. The average Bonchev–Trinajstić information content (AvgIpc) is 3.18. The molecule has 0 saturated carbocycles. The highest BCUT2D eigenvalue weighted by Gasteiger charge is 2.26. The van der Waals surface area contributed by atoms with E-state index in [-0.39, 0.29) is 17.7 Å². The van der Waals surface area contributed by atoms with Crippen molar-refractivity contribution >= 4 is 39.3 Å². The number of aromatic nitrogens is 2. The summed E-state index contributed by atoms with van der Waals surface area (Å²) in [6.07, 6.45) is 2.24. The summed E-state index contributed by atoms with van der Waals surface area (Å²) in [6, 6.07) is 7.72. The van der Waals surface area contributed by atoms with Crippen LogP contribution in [0.1, 0.15) is 24.8 Å². The van der Waals surface area contributed by atoms with Crippen molar-refractivity contribution in [2.75, 3.05) is 17.6 Å². The van der Waals surface area contributed by atoms with Gasteiger partial charge in [-0.05, 0) is 24.3 Å². The van der Waals surface area contributed by atoms with E-state index in [9.17, 15) is 4.79 Å². The predicted molar refractivity (Wildman–Crippen MR) is 86.6 cm³/mol. The Kier molecular flexibility index (Phi) is 5.12. The summed E-state index contributed by atoms with van der Waals surface area (Å²) < 4.78 is 6.58. The highest BCUT2D eigenvalue weighted by Crippen LogP contribution is 2.22. The quantitative estimate of drug-likeness (QED) is 0.770. The van der Waals surface area contributed by atoms with Crippen LogP contribution in [0.25, 0.3) is 0 Å². The number of amides is 1. The summed E-state index contributed by atoms with van der Waals surface area (Å²) in [7, 11) is 0. The molecule has 0 radical (unpaired) electrons. The molecule has 3 rings (SSSR count). The Morgan fingerprint density at radius 1 is 1.41 bits per heavy atom. The van der Waals surface area contributed by atoms with E-state index in [1.54, 1.807) is 0 Å². The summed E-state index contributed by atoms with van der Waals surface area (Å²) in [6.45, 7) is 1.10. The van der Waals surface area contributed by atoms with Crippen LogP contribution in [0, 0.1) is 0 Å². The Balaban J connectivity index is 1.49. The van der Waals surface area contributed by atoms with Gasteiger partial charge in [0.1, 0.15) is 0 Å². The van der Waals surface area contributed by atoms with Gasteiger partial charge in [0.25, 0.3) is 11.1 Å². The summed E-state index contributed by atoms with van der Waals surface area (Å²) in [5, 5.41) is 13.5. The van der Waals surface area contributed by atoms with Crippen molar-refractivity contribution in [1.82, 2.24) is 10.2 Å². The zero-order chi connectivity index (χ0) is 15.4. The molecule has 3 N–H and O–H groups in total. The minimum absolute atomic E-state index is 0.0977. The van der Waals surface area contributed by atoms with E-state index in [1.807, 2.05) is 24.3 Å². The molecule has 1 atom stereocenters. The van der Waals surface area contributed by atoms with Crippen LogP contribution in [0.3, 0.4) is 0 Å². The first-order valence-corrected chi connectivity index (χ1v) is 8.83. The van der Waals surface area contributed by atoms with Crippen LogP contribution >= 0.6 is 27.7 Å². The Labute approximate surface area is 140 Å². The van der Waals surface area contributed by atoms with Gasteiger partial charge in [0.15, 0.2) is 6.04 Å². The van der Waals surface area contributed by atoms with E-state index in [0.29, 0.717) is 11.1 Å². The molecule has 1 aliphatic rings. The first-order chi connectivity index (χ1) is 10.7. The standard InChI is InChI=1S/C14H15BrN4O2S/c15-9-3-5-10(6-4-9)17-12(20)8-22-14-19-18-13(21-14)11-2-1-7-16-11/h3-6,11,16H,1-2,7-8H2,(H,17,20)/p+1/t11-/m1/s1. The number of quaternary nitrogens is 1. The molecule has 0 unspecified atom stereocenters. The number of nitrogens with one attached hydrogen (secondary N) is 1. The van der Waals surface area contributed by atoms with E-state index in [4.69, 9.17) is 4.42 Å². The normalized spacial score (nSPS) is 17.6. The van der Waals surface area contributed by atoms with Crippen LogP contribution in [0.4, 0.5) is 5.69 Å². The lowest BCUT2D eigenvalue weighted by Crippen LogP contribution is -2.81. The van der Waals surface area contributed by atoms with Crippen LogP contribution in [-0.2, 0) is 4.79 Å². The fourth-order valence-electron chi connectivity index (χ4n) is 2.29. The summed E-state index contributed by atoms with van der Waals surface area (Å²) in [5.41, 5.74) is 0.764. The van der Waals surface area contributed by atoms with Crippen molar-refractivity contribution < 1.29 is 14.5 Å². The molecule has 0 aliphatic carbocycles. The molecule has 1 fully saturated rings. The molecule has 0 bridgehead atoms. The molecule has 22 heavy (non-hydrogen) atoms. The molecule has 2 heterocycles. The van der Waals surface area contributed by atoms with Crippen LogP contribution in [0.2, 0.25) is 0 Å². The molecule has 1 aromatic carbocycles. The summed E-state index contributed by atoms with van der Waals surface area (Å²) >= 11 is 4.61. The zero-order valence-electron chi connectivity index (χ0n) is 11.8. The highest BCUT2D eigenvalue weighted by atomic mass is 79.9. The Morgan fingerprint density at radius 3 is 2.95 bits per heavy atom. The molecular formula is C14H16BrN4O2S+. The molecular weight excluding hydrogens is 368 g/mol. The lowest BCUT2D eigenvalue weighted by atomic mass is 10.2. The lowest BCUT2D eigenvalue weighted by molar-refractivity contribution is -0.678. The number of thioether (sulfide) groups is 1. The number of halogens is 1. The van der Waals surface area contributed by atoms with Crippen molar-refractivity contribution in [3.8, 4) is 0 Å². The third kappa shape index (κ3) is 4.08. The number of anilines is 1. The third-order valence-corrected chi connectivity index (χ3v) is 4.71. The second kappa shape index (κ2) is 7.26. The van der Waals surface area contributed by atoms with Gasteiger partial charge in [-0.15, -0.1) is 10.2 Å².